The van der Waals surface area contributed by atoms with Crippen molar-refractivity contribution in [1.82, 2.24) is 4.90 Å². The molecule has 1 N–H and O–H groups in total. The molecule has 1 saturated heterocycles. The maximum atomic E-state index is 13.1. The topological polar surface area (TPSA) is 80.0 Å². The van der Waals surface area contributed by atoms with Gasteiger partial charge in [0.1, 0.15) is 23.3 Å². The van der Waals surface area contributed by atoms with Crippen LogP contribution in [-0.4, -0.2) is 28.3 Å². The summed E-state index contributed by atoms with van der Waals surface area (Å²) in [7, 11) is 0. The Morgan fingerprint density at radius 1 is 1.15 bits per heavy atom. The number of aliphatic hydroxyl groups is 1. The quantitative estimate of drug-likeness (QED) is 0.292. The van der Waals surface area contributed by atoms with Gasteiger partial charge in [-0.05, 0) is 62.2 Å². The van der Waals surface area contributed by atoms with Gasteiger partial charge in [0.25, 0.3) is 11.7 Å². The molecule has 2 aromatic carbocycles. The summed E-state index contributed by atoms with van der Waals surface area (Å²) in [5.41, 5.74) is 3.25. The van der Waals surface area contributed by atoms with Crippen LogP contribution in [0.3, 0.4) is 0 Å². The largest absolute Gasteiger partial charge is 0.507 e. The van der Waals surface area contributed by atoms with E-state index in [0.29, 0.717) is 28.7 Å². The van der Waals surface area contributed by atoms with Gasteiger partial charge >= 0.3 is 0 Å². The fourth-order valence-corrected chi connectivity index (χ4v) is 4.18. The van der Waals surface area contributed by atoms with E-state index in [1.165, 1.54) is 11.2 Å². The van der Waals surface area contributed by atoms with Crippen LogP contribution in [0.25, 0.3) is 5.76 Å². The lowest BCUT2D eigenvalue weighted by Gasteiger charge is -2.24. The average Bonchev–Trinajstić information content (AvgIpc) is 3.40. The van der Waals surface area contributed by atoms with Crippen molar-refractivity contribution in [2.45, 2.75) is 33.4 Å². The van der Waals surface area contributed by atoms with Crippen molar-refractivity contribution < 1.29 is 23.8 Å². The Morgan fingerprint density at radius 3 is 2.64 bits per heavy atom. The molecule has 1 aliphatic rings. The van der Waals surface area contributed by atoms with E-state index in [0.717, 1.165) is 16.7 Å². The van der Waals surface area contributed by atoms with Gasteiger partial charge in [0.15, 0.2) is 0 Å². The van der Waals surface area contributed by atoms with E-state index >= 15 is 0 Å². The monoisotopic (exact) mass is 465 g/mol. The summed E-state index contributed by atoms with van der Waals surface area (Å²) in [4.78, 5) is 27.7. The molecule has 3 aromatic rings. The van der Waals surface area contributed by atoms with E-state index in [1.54, 1.807) is 30.3 Å². The highest BCUT2D eigenvalue weighted by molar-refractivity contribution is 6.46. The van der Waals surface area contributed by atoms with Crippen molar-refractivity contribution in [2.24, 2.45) is 0 Å². The van der Waals surface area contributed by atoms with E-state index in [4.69, 9.17) is 20.8 Å². The summed E-state index contributed by atoms with van der Waals surface area (Å²) >= 11 is 6.18. The van der Waals surface area contributed by atoms with Crippen molar-refractivity contribution in [2.75, 3.05) is 6.61 Å². The standard InChI is InChI=1S/C26H24ClNO5/c1-4-32-21-13-17(9-10-19(21)27)24(29)22-23(20-6-5-11-33-20)28(26(31)25(22)30)14-18-12-15(2)7-8-16(18)3/h5-13,23,29H,4,14H2,1-3H3/b24-22-. The Hall–Kier alpha value is -3.51. The lowest BCUT2D eigenvalue weighted by molar-refractivity contribution is -0.140. The van der Waals surface area contributed by atoms with Crippen molar-refractivity contribution in [3.05, 3.63) is 93.4 Å². The third kappa shape index (κ3) is 4.26. The van der Waals surface area contributed by atoms with Crippen LogP contribution < -0.4 is 4.74 Å². The molecule has 0 saturated carbocycles. The van der Waals surface area contributed by atoms with Crippen molar-refractivity contribution >= 4 is 29.1 Å². The summed E-state index contributed by atoms with van der Waals surface area (Å²) < 4.78 is 11.1. The molecule has 0 bridgehead atoms. The van der Waals surface area contributed by atoms with Crippen LogP contribution in [-0.2, 0) is 16.1 Å². The Kier molecular flexibility index (Phi) is 6.29. The molecule has 1 amide bonds. The Balaban J connectivity index is 1.84. The molecular weight excluding hydrogens is 442 g/mol. The summed E-state index contributed by atoms with van der Waals surface area (Å²) in [5, 5.41) is 11.6. The van der Waals surface area contributed by atoms with Gasteiger partial charge in [0.05, 0.1) is 23.5 Å². The first-order valence-electron chi connectivity index (χ1n) is 10.6. The van der Waals surface area contributed by atoms with Crippen LogP contribution in [0, 0.1) is 13.8 Å². The van der Waals surface area contributed by atoms with Gasteiger partial charge in [0, 0.05) is 12.1 Å². The summed E-state index contributed by atoms with van der Waals surface area (Å²) in [6, 6.07) is 13.2. The first kappa shape index (κ1) is 22.7. The number of hydrogen-bond acceptors (Lipinski definition) is 5. The molecule has 0 spiro atoms. The molecule has 1 aromatic heterocycles. The number of hydrogen-bond donors (Lipinski definition) is 1. The second kappa shape index (κ2) is 9.16. The molecule has 0 aliphatic carbocycles. The number of Topliss-reactive ketones (excluding diaryl/α,β-unsaturated/α-hetero) is 1. The number of rotatable bonds is 6. The molecule has 170 valence electrons. The highest BCUT2D eigenvalue weighted by atomic mass is 35.5. The molecule has 6 nitrogen and oxygen atoms in total. The summed E-state index contributed by atoms with van der Waals surface area (Å²) in [5.74, 6) is -1.01. The number of ketones is 1. The highest BCUT2D eigenvalue weighted by Gasteiger charge is 2.47. The smallest absolute Gasteiger partial charge is 0.296 e. The lowest BCUT2D eigenvalue weighted by Crippen LogP contribution is -2.29. The van der Waals surface area contributed by atoms with Gasteiger partial charge < -0.3 is 19.2 Å². The molecule has 2 heterocycles. The van der Waals surface area contributed by atoms with Crippen LogP contribution in [0.4, 0.5) is 0 Å². The van der Waals surface area contributed by atoms with E-state index in [-0.39, 0.29) is 17.9 Å². The number of furan rings is 1. The number of aliphatic hydroxyl groups excluding tert-OH is 1. The number of carbonyl (C=O) groups is 2. The predicted molar refractivity (Wildman–Crippen MR) is 125 cm³/mol. The minimum atomic E-state index is -0.869. The third-order valence-electron chi connectivity index (χ3n) is 5.70. The van der Waals surface area contributed by atoms with Crippen LogP contribution in [0.15, 0.2) is 64.8 Å². The van der Waals surface area contributed by atoms with E-state index in [1.807, 2.05) is 39.0 Å². The van der Waals surface area contributed by atoms with Crippen LogP contribution in [0.5, 0.6) is 5.75 Å². The number of carbonyl (C=O) groups excluding carboxylic acids is 2. The first-order chi connectivity index (χ1) is 15.8. The van der Waals surface area contributed by atoms with Crippen molar-refractivity contribution in [3.8, 4) is 5.75 Å². The van der Waals surface area contributed by atoms with E-state index in [9.17, 15) is 14.7 Å². The lowest BCUT2D eigenvalue weighted by atomic mass is 9.98. The number of nitrogens with zero attached hydrogens (tertiary/aromatic N) is 1. The SMILES string of the molecule is CCOc1cc(/C(O)=C2/C(=O)C(=O)N(Cc3cc(C)ccc3C)C2c2ccco2)ccc1Cl. The van der Waals surface area contributed by atoms with Crippen LogP contribution in [0.2, 0.25) is 5.02 Å². The number of benzene rings is 2. The normalized spacial score (nSPS) is 17.6. The average molecular weight is 466 g/mol. The zero-order valence-electron chi connectivity index (χ0n) is 18.6. The Morgan fingerprint density at radius 2 is 1.94 bits per heavy atom. The maximum Gasteiger partial charge on any atom is 0.296 e. The zero-order chi connectivity index (χ0) is 23.7. The minimum Gasteiger partial charge on any atom is -0.507 e. The first-order valence-corrected chi connectivity index (χ1v) is 11.0. The number of amides is 1. The predicted octanol–water partition coefficient (Wildman–Crippen LogP) is 5.57. The molecule has 1 atom stereocenters. The number of aryl methyl sites for hydroxylation is 2. The number of likely N-dealkylation sites (tertiary alicyclic amines) is 1. The second-order valence-electron chi connectivity index (χ2n) is 7.95. The molecular formula is C26H24ClNO5. The van der Waals surface area contributed by atoms with Gasteiger partial charge in [-0.15, -0.1) is 0 Å². The van der Waals surface area contributed by atoms with Crippen molar-refractivity contribution in [1.29, 1.82) is 0 Å². The maximum absolute atomic E-state index is 13.1. The number of ether oxygens (including phenoxy) is 1. The van der Waals surface area contributed by atoms with Crippen molar-refractivity contribution in [3.63, 3.8) is 0 Å². The van der Waals surface area contributed by atoms with E-state index < -0.39 is 17.7 Å². The van der Waals surface area contributed by atoms with Gasteiger partial charge in [-0.2, -0.15) is 0 Å². The van der Waals surface area contributed by atoms with E-state index in [2.05, 4.69) is 0 Å². The fraction of sp³-hybridized carbons (Fsp3) is 0.231. The zero-order valence-corrected chi connectivity index (χ0v) is 19.3. The molecule has 1 fully saturated rings. The van der Waals surface area contributed by atoms with Gasteiger partial charge in [-0.25, -0.2) is 0 Å². The molecule has 7 heteroatoms. The minimum absolute atomic E-state index is 0.0370. The third-order valence-corrected chi connectivity index (χ3v) is 6.01. The van der Waals surface area contributed by atoms with Crippen LogP contribution in [0.1, 0.15) is 41.0 Å². The molecule has 1 unspecified atom stereocenters. The van der Waals surface area contributed by atoms with Gasteiger partial charge in [-0.3, -0.25) is 9.59 Å². The Labute approximate surface area is 197 Å². The fourth-order valence-electron chi connectivity index (χ4n) is 4.01. The highest BCUT2D eigenvalue weighted by Crippen LogP contribution is 2.41. The second-order valence-corrected chi connectivity index (χ2v) is 8.36. The summed E-state index contributed by atoms with van der Waals surface area (Å²) in [6.45, 7) is 6.33. The van der Waals surface area contributed by atoms with Crippen LogP contribution >= 0.6 is 11.6 Å². The molecule has 1 aliphatic heterocycles. The molecule has 0 radical (unpaired) electrons. The summed E-state index contributed by atoms with van der Waals surface area (Å²) in [6.07, 6.45) is 1.48. The number of halogens is 1. The van der Waals surface area contributed by atoms with Gasteiger partial charge in [0.2, 0.25) is 0 Å². The molecule has 4 rings (SSSR count). The molecule has 33 heavy (non-hydrogen) atoms. The Bertz CT molecular complexity index is 1250. The van der Waals surface area contributed by atoms with Gasteiger partial charge in [-0.1, -0.05) is 35.4 Å².